The molecule has 2 aromatic carbocycles. The lowest BCUT2D eigenvalue weighted by Gasteiger charge is -2.23. The summed E-state index contributed by atoms with van der Waals surface area (Å²) >= 11 is 0. The van der Waals surface area contributed by atoms with Crippen LogP contribution in [-0.2, 0) is 13.0 Å². The van der Waals surface area contributed by atoms with E-state index in [1.54, 1.807) is 14.2 Å². The molecule has 1 N–H and O–H groups in total. The zero-order valence-corrected chi connectivity index (χ0v) is 17.5. The summed E-state index contributed by atoms with van der Waals surface area (Å²) in [7, 11) is 5.23. The highest BCUT2D eigenvalue weighted by atomic mass is 127. The minimum atomic E-state index is -0.436. The minimum absolute atomic E-state index is 0. The number of ether oxygens (including phenoxy) is 1. The van der Waals surface area contributed by atoms with E-state index in [0.29, 0.717) is 31.0 Å². The fourth-order valence-corrected chi connectivity index (χ4v) is 2.59. The van der Waals surface area contributed by atoms with E-state index in [1.165, 1.54) is 6.07 Å². The lowest BCUT2D eigenvalue weighted by atomic mass is 10.1. The van der Waals surface area contributed by atoms with Gasteiger partial charge < -0.3 is 15.0 Å². The average molecular weight is 475 g/mol. The van der Waals surface area contributed by atoms with E-state index in [1.807, 2.05) is 36.2 Å². The van der Waals surface area contributed by atoms with E-state index in [2.05, 4.69) is 10.3 Å². The molecule has 0 unspecified atom stereocenters. The molecule has 0 bridgehead atoms. The van der Waals surface area contributed by atoms with Crippen LogP contribution in [0.1, 0.15) is 11.1 Å². The molecule has 2 aromatic rings. The molecule has 0 aliphatic rings. The van der Waals surface area contributed by atoms with Gasteiger partial charge in [-0.15, -0.1) is 24.0 Å². The molecule has 142 valence electrons. The second kappa shape index (κ2) is 10.9. The van der Waals surface area contributed by atoms with Crippen LogP contribution in [0.25, 0.3) is 0 Å². The highest BCUT2D eigenvalue weighted by molar-refractivity contribution is 14.0. The number of hydrogen-bond donors (Lipinski definition) is 1. The fraction of sp³-hybridized carbons (Fsp3) is 0.316. The number of guanidine groups is 1. The lowest BCUT2D eigenvalue weighted by molar-refractivity contribution is 0.396. The van der Waals surface area contributed by atoms with E-state index < -0.39 is 11.6 Å². The quantitative estimate of drug-likeness (QED) is 0.392. The molecule has 4 nitrogen and oxygen atoms in total. The van der Waals surface area contributed by atoms with Crippen molar-refractivity contribution in [2.24, 2.45) is 4.99 Å². The van der Waals surface area contributed by atoms with E-state index in [-0.39, 0.29) is 24.0 Å². The average Bonchev–Trinajstić information content (AvgIpc) is 2.62. The first-order chi connectivity index (χ1) is 12.0. The van der Waals surface area contributed by atoms with E-state index >= 15 is 0 Å². The van der Waals surface area contributed by atoms with Gasteiger partial charge in [0.25, 0.3) is 0 Å². The third kappa shape index (κ3) is 6.12. The molecule has 26 heavy (non-hydrogen) atoms. The van der Waals surface area contributed by atoms with Crippen molar-refractivity contribution in [3.63, 3.8) is 0 Å². The molecule has 0 fully saturated rings. The molecule has 0 radical (unpaired) electrons. The number of halogens is 3. The van der Waals surface area contributed by atoms with Crippen molar-refractivity contribution in [1.82, 2.24) is 10.2 Å². The Morgan fingerprint density at radius 2 is 1.88 bits per heavy atom. The first-order valence-corrected chi connectivity index (χ1v) is 8.02. The smallest absolute Gasteiger partial charge is 0.193 e. The van der Waals surface area contributed by atoms with Gasteiger partial charge in [-0.05, 0) is 36.2 Å². The molecule has 7 heteroatoms. The summed E-state index contributed by atoms with van der Waals surface area (Å²) in [6.45, 7) is 1.06. The summed E-state index contributed by atoms with van der Waals surface area (Å²) < 4.78 is 32.2. The summed E-state index contributed by atoms with van der Waals surface area (Å²) in [6.07, 6.45) is 0.366. The molecule has 0 atom stereocenters. The van der Waals surface area contributed by atoms with Gasteiger partial charge in [0.15, 0.2) is 5.96 Å². The highest BCUT2D eigenvalue weighted by Crippen LogP contribution is 2.18. The van der Waals surface area contributed by atoms with Crippen LogP contribution in [-0.4, -0.2) is 38.6 Å². The Morgan fingerprint density at radius 1 is 1.15 bits per heavy atom. The number of para-hydroxylation sites is 1. The Bertz CT molecular complexity index is 740. The predicted molar refractivity (Wildman–Crippen MR) is 111 cm³/mol. The Labute approximate surface area is 170 Å². The van der Waals surface area contributed by atoms with Gasteiger partial charge in [0, 0.05) is 32.7 Å². The minimum Gasteiger partial charge on any atom is -0.496 e. The van der Waals surface area contributed by atoms with Gasteiger partial charge in [0.05, 0.1) is 7.11 Å². The maximum atomic E-state index is 13.7. The summed E-state index contributed by atoms with van der Waals surface area (Å²) in [5.41, 5.74) is 1.38. The highest BCUT2D eigenvalue weighted by Gasteiger charge is 2.10. The van der Waals surface area contributed by atoms with Crippen LogP contribution in [0.2, 0.25) is 0 Å². The van der Waals surface area contributed by atoms with Crippen molar-refractivity contribution in [2.75, 3.05) is 27.7 Å². The van der Waals surface area contributed by atoms with Crippen molar-refractivity contribution in [3.8, 4) is 5.75 Å². The molecule has 0 aliphatic carbocycles. The number of aliphatic imine (C=N–C) groups is 1. The zero-order chi connectivity index (χ0) is 18.2. The summed E-state index contributed by atoms with van der Waals surface area (Å²) in [4.78, 5) is 6.18. The van der Waals surface area contributed by atoms with E-state index in [9.17, 15) is 8.78 Å². The van der Waals surface area contributed by atoms with Crippen LogP contribution in [0.5, 0.6) is 5.75 Å². The van der Waals surface area contributed by atoms with Crippen molar-refractivity contribution >= 4 is 29.9 Å². The Kier molecular flexibility index (Phi) is 9.32. The van der Waals surface area contributed by atoms with Crippen LogP contribution in [0.4, 0.5) is 8.78 Å². The first-order valence-electron chi connectivity index (χ1n) is 8.02. The van der Waals surface area contributed by atoms with Crippen molar-refractivity contribution in [1.29, 1.82) is 0 Å². The zero-order valence-electron chi connectivity index (χ0n) is 15.1. The number of rotatable bonds is 6. The number of methoxy groups -OCH3 is 1. The molecule has 0 saturated heterocycles. The summed E-state index contributed by atoms with van der Waals surface area (Å²) in [5, 5.41) is 3.17. The Balaban J connectivity index is 0.00000338. The third-order valence-corrected chi connectivity index (χ3v) is 3.86. The van der Waals surface area contributed by atoms with E-state index in [4.69, 9.17) is 4.74 Å². The maximum Gasteiger partial charge on any atom is 0.193 e. The molecular weight excluding hydrogens is 451 g/mol. The van der Waals surface area contributed by atoms with Crippen molar-refractivity contribution < 1.29 is 13.5 Å². The van der Waals surface area contributed by atoms with Gasteiger partial charge in [-0.25, -0.2) is 8.78 Å². The fourth-order valence-electron chi connectivity index (χ4n) is 2.59. The van der Waals surface area contributed by atoms with Gasteiger partial charge in [-0.3, -0.25) is 4.99 Å². The number of benzene rings is 2. The molecule has 0 aromatic heterocycles. The van der Waals surface area contributed by atoms with Gasteiger partial charge in [0.2, 0.25) is 0 Å². The Hall–Kier alpha value is -1.90. The lowest BCUT2D eigenvalue weighted by Crippen LogP contribution is -2.39. The standard InChI is InChI=1S/C19H23F2N3O.HI/c1-22-19(23-11-10-14-12-16(20)8-9-17(14)21)24(2)13-15-6-4-5-7-18(15)25-3;/h4-9,12H,10-11,13H2,1-3H3,(H,22,23);1H. The molecule has 0 saturated carbocycles. The van der Waals surface area contributed by atoms with E-state index in [0.717, 1.165) is 23.4 Å². The number of hydrogen-bond acceptors (Lipinski definition) is 2. The largest absolute Gasteiger partial charge is 0.496 e. The molecule has 0 heterocycles. The molecule has 0 aliphatic heterocycles. The van der Waals surface area contributed by atoms with Crippen LogP contribution < -0.4 is 10.1 Å². The second-order valence-electron chi connectivity index (χ2n) is 5.63. The monoisotopic (exact) mass is 475 g/mol. The van der Waals surface area contributed by atoms with Crippen molar-refractivity contribution in [3.05, 3.63) is 65.2 Å². The molecular formula is C19H24F2IN3O. The van der Waals surface area contributed by atoms with Gasteiger partial charge in [-0.1, -0.05) is 18.2 Å². The third-order valence-electron chi connectivity index (χ3n) is 3.86. The normalized spacial score (nSPS) is 10.9. The number of nitrogens with one attached hydrogen (secondary N) is 1. The SMILES string of the molecule is CN=C(NCCc1cc(F)ccc1F)N(C)Cc1ccccc1OC.I. The summed E-state index contributed by atoms with van der Waals surface area (Å²) in [5.74, 6) is 0.643. The Morgan fingerprint density at radius 3 is 2.58 bits per heavy atom. The topological polar surface area (TPSA) is 36.9 Å². The maximum absolute atomic E-state index is 13.7. The van der Waals surface area contributed by atoms with Crippen LogP contribution in [0.15, 0.2) is 47.5 Å². The van der Waals surface area contributed by atoms with Gasteiger partial charge in [0.1, 0.15) is 17.4 Å². The predicted octanol–water partition coefficient (Wildman–Crippen LogP) is 3.84. The summed E-state index contributed by atoms with van der Waals surface area (Å²) in [6, 6.07) is 11.3. The second-order valence-corrected chi connectivity index (χ2v) is 5.63. The number of nitrogens with zero attached hydrogens (tertiary/aromatic N) is 2. The molecule has 0 spiro atoms. The van der Waals surface area contributed by atoms with Crippen LogP contribution in [0, 0.1) is 11.6 Å². The first kappa shape index (κ1) is 22.1. The van der Waals surface area contributed by atoms with Crippen LogP contribution in [0.3, 0.4) is 0 Å². The molecule has 0 amide bonds. The molecule has 2 rings (SSSR count). The van der Waals surface area contributed by atoms with Gasteiger partial charge >= 0.3 is 0 Å². The van der Waals surface area contributed by atoms with Gasteiger partial charge in [-0.2, -0.15) is 0 Å². The van der Waals surface area contributed by atoms with Crippen molar-refractivity contribution in [2.45, 2.75) is 13.0 Å². The van der Waals surface area contributed by atoms with Crippen LogP contribution >= 0.6 is 24.0 Å².